The van der Waals surface area contributed by atoms with E-state index in [-0.39, 0.29) is 4.90 Å². The molecule has 1 aromatic heterocycles. The number of para-hydroxylation sites is 2. The fraction of sp³-hybridized carbons (Fsp3) is 0.167. The van der Waals surface area contributed by atoms with Crippen LogP contribution >= 0.6 is 11.6 Å². The number of aromatic nitrogens is 2. The quantitative estimate of drug-likeness (QED) is 0.714. The van der Waals surface area contributed by atoms with E-state index in [1.807, 2.05) is 0 Å². The van der Waals surface area contributed by atoms with E-state index < -0.39 is 10.0 Å². The zero-order chi connectivity index (χ0) is 18.9. The second-order valence-corrected chi connectivity index (χ2v) is 7.75. The van der Waals surface area contributed by atoms with E-state index in [9.17, 15) is 8.42 Å². The topological polar surface area (TPSA) is 73.2 Å². The second kappa shape index (κ2) is 7.01. The summed E-state index contributed by atoms with van der Waals surface area (Å²) < 4.78 is 35.3. The fourth-order valence-electron chi connectivity index (χ4n) is 2.78. The number of hydrogen-bond acceptors (Lipinski definition) is 4. The third-order valence-electron chi connectivity index (χ3n) is 3.92. The molecule has 6 nitrogen and oxygen atoms in total. The van der Waals surface area contributed by atoms with Crippen molar-refractivity contribution in [3.8, 4) is 11.4 Å². The van der Waals surface area contributed by atoms with E-state index in [1.54, 1.807) is 67.1 Å². The molecule has 0 aliphatic rings. The van der Waals surface area contributed by atoms with Gasteiger partial charge in [-0.15, -0.1) is 0 Å². The average Bonchev–Trinajstić information content (AvgIpc) is 2.91. The van der Waals surface area contributed by atoms with Crippen molar-refractivity contribution in [1.29, 1.82) is 0 Å². The average molecular weight is 392 g/mol. The molecule has 0 unspecified atom stereocenters. The molecule has 0 aliphatic heterocycles. The minimum absolute atomic E-state index is 0.137. The maximum absolute atomic E-state index is 13.0. The number of benzene rings is 2. The molecule has 0 radical (unpaired) electrons. The molecule has 136 valence electrons. The van der Waals surface area contributed by atoms with Crippen LogP contribution < -0.4 is 9.46 Å². The summed E-state index contributed by atoms with van der Waals surface area (Å²) in [4.78, 5) is 0.137. The lowest BCUT2D eigenvalue weighted by molar-refractivity contribution is 0.417. The summed E-state index contributed by atoms with van der Waals surface area (Å²) in [5.41, 5.74) is 2.01. The molecule has 0 aliphatic carbocycles. The number of sulfonamides is 1. The standard InChI is InChI=1S/C18H18ClN3O3S/c1-12-18(13(2)22(20-12)15-10-8-14(19)9-11-15)26(23,24)21-16-6-4-5-7-17(16)25-3/h4-11,21H,1-3H3. The Morgan fingerprint density at radius 2 is 1.73 bits per heavy atom. The van der Waals surface area contributed by atoms with Gasteiger partial charge in [-0.05, 0) is 50.2 Å². The lowest BCUT2D eigenvalue weighted by Crippen LogP contribution is -2.15. The largest absolute Gasteiger partial charge is 0.495 e. The summed E-state index contributed by atoms with van der Waals surface area (Å²) in [6.45, 7) is 3.38. The molecule has 1 N–H and O–H groups in total. The number of ether oxygens (including phenoxy) is 1. The lowest BCUT2D eigenvalue weighted by Gasteiger charge is -2.12. The van der Waals surface area contributed by atoms with E-state index in [4.69, 9.17) is 16.3 Å². The number of aryl methyl sites for hydroxylation is 1. The Bertz CT molecular complexity index is 1040. The summed E-state index contributed by atoms with van der Waals surface area (Å²) in [5.74, 6) is 0.441. The third-order valence-corrected chi connectivity index (χ3v) is 5.79. The predicted molar refractivity (Wildman–Crippen MR) is 102 cm³/mol. The Morgan fingerprint density at radius 3 is 2.38 bits per heavy atom. The van der Waals surface area contributed by atoms with Crippen LogP contribution in [0.3, 0.4) is 0 Å². The molecule has 0 saturated carbocycles. The van der Waals surface area contributed by atoms with Crippen molar-refractivity contribution < 1.29 is 13.2 Å². The summed E-state index contributed by atoms with van der Waals surface area (Å²) in [6.07, 6.45) is 0. The highest BCUT2D eigenvalue weighted by molar-refractivity contribution is 7.92. The van der Waals surface area contributed by atoms with Gasteiger partial charge >= 0.3 is 0 Å². The van der Waals surface area contributed by atoms with Gasteiger partial charge in [-0.25, -0.2) is 13.1 Å². The molecule has 3 aromatic rings. The van der Waals surface area contributed by atoms with Crippen LogP contribution in [0.4, 0.5) is 5.69 Å². The van der Waals surface area contributed by atoms with Gasteiger partial charge in [0.05, 0.1) is 29.9 Å². The van der Waals surface area contributed by atoms with Crippen LogP contribution in [0, 0.1) is 13.8 Å². The van der Waals surface area contributed by atoms with Crippen LogP contribution in [0.1, 0.15) is 11.4 Å². The highest BCUT2D eigenvalue weighted by Gasteiger charge is 2.26. The molecule has 0 saturated heterocycles. The summed E-state index contributed by atoms with van der Waals surface area (Å²) in [6, 6.07) is 13.9. The monoisotopic (exact) mass is 391 g/mol. The van der Waals surface area contributed by atoms with E-state index in [1.165, 1.54) is 7.11 Å². The van der Waals surface area contributed by atoms with Gasteiger partial charge in [0.2, 0.25) is 0 Å². The Hall–Kier alpha value is -2.51. The first-order chi connectivity index (χ1) is 12.3. The molecule has 1 heterocycles. The Balaban J connectivity index is 2.04. The zero-order valence-electron chi connectivity index (χ0n) is 14.5. The van der Waals surface area contributed by atoms with Crippen LogP contribution in [0.2, 0.25) is 5.02 Å². The van der Waals surface area contributed by atoms with Crippen molar-refractivity contribution in [2.75, 3.05) is 11.8 Å². The van der Waals surface area contributed by atoms with Crippen molar-refractivity contribution in [2.45, 2.75) is 18.7 Å². The van der Waals surface area contributed by atoms with Crippen LogP contribution in [0.25, 0.3) is 5.69 Å². The molecule has 0 atom stereocenters. The molecular formula is C18H18ClN3O3S. The van der Waals surface area contributed by atoms with Gasteiger partial charge in [-0.3, -0.25) is 4.72 Å². The van der Waals surface area contributed by atoms with E-state index in [2.05, 4.69) is 9.82 Å². The first-order valence-electron chi connectivity index (χ1n) is 7.81. The first-order valence-corrected chi connectivity index (χ1v) is 9.67. The molecular weight excluding hydrogens is 374 g/mol. The first kappa shape index (κ1) is 18.3. The van der Waals surface area contributed by atoms with Crippen molar-refractivity contribution in [3.63, 3.8) is 0 Å². The van der Waals surface area contributed by atoms with Gasteiger partial charge in [0.25, 0.3) is 10.0 Å². The predicted octanol–water partition coefficient (Wildman–Crippen LogP) is 3.95. The van der Waals surface area contributed by atoms with Crippen LogP contribution in [-0.2, 0) is 10.0 Å². The maximum Gasteiger partial charge on any atom is 0.265 e. The molecule has 0 spiro atoms. The Kier molecular flexibility index (Phi) is 4.93. The fourth-order valence-corrected chi connectivity index (χ4v) is 4.37. The van der Waals surface area contributed by atoms with Crippen molar-refractivity contribution >= 4 is 27.3 Å². The zero-order valence-corrected chi connectivity index (χ0v) is 16.1. The van der Waals surface area contributed by atoms with Gasteiger partial charge in [0, 0.05) is 5.02 Å². The molecule has 0 fully saturated rings. The highest BCUT2D eigenvalue weighted by Crippen LogP contribution is 2.29. The second-order valence-electron chi connectivity index (χ2n) is 5.69. The molecule has 26 heavy (non-hydrogen) atoms. The Morgan fingerprint density at radius 1 is 1.08 bits per heavy atom. The van der Waals surface area contributed by atoms with Crippen LogP contribution in [0.15, 0.2) is 53.4 Å². The number of rotatable bonds is 5. The van der Waals surface area contributed by atoms with E-state index in [0.29, 0.717) is 27.8 Å². The van der Waals surface area contributed by atoms with Gasteiger partial charge in [-0.1, -0.05) is 23.7 Å². The lowest BCUT2D eigenvalue weighted by atomic mass is 10.3. The van der Waals surface area contributed by atoms with Crippen molar-refractivity contribution in [2.24, 2.45) is 0 Å². The number of nitrogens with zero attached hydrogens (tertiary/aromatic N) is 2. The Labute approximate surface area is 157 Å². The molecule has 8 heteroatoms. The van der Waals surface area contributed by atoms with Crippen LogP contribution in [0.5, 0.6) is 5.75 Å². The van der Waals surface area contributed by atoms with E-state index >= 15 is 0 Å². The van der Waals surface area contributed by atoms with Crippen molar-refractivity contribution in [1.82, 2.24) is 9.78 Å². The van der Waals surface area contributed by atoms with Gasteiger partial charge in [-0.2, -0.15) is 5.10 Å². The number of anilines is 1. The van der Waals surface area contributed by atoms with Gasteiger partial charge < -0.3 is 4.74 Å². The minimum Gasteiger partial charge on any atom is -0.495 e. The smallest absolute Gasteiger partial charge is 0.265 e. The number of hydrogen-bond donors (Lipinski definition) is 1. The minimum atomic E-state index is -3.84. The summed E-state index contributed by atoms with van der Waals surface area (Å²) in [5, 5.41) is 4.98. The van der Waals surface area contributed by atoms with Gasteiger partial charge in [0.1, 0.15) is 10.6 Å². The molecule has 3 rings (SSSR count). The van der Waals surface area contributed by atoms with Crippen molar-refractivity contribution in [3.05, 3.63) is 64.9 Å². The highest BCUT2D eigenvalue weighted by atomic mass is 35.5. The summed E-state index contributed by atoms with van der Waals surface area (Å²) >= 11 is 5.92. The summed E-state index contributed by atoms with van der Waals surface area (Å²) in [7, 11) is -2.35. The number of methoxy groups -OCH3 is 1. The third kappa shape index (κ3) is 3.40. The normalized spacial score (nSPS) is 11.4. The molecule has 2 aromatic carbocycles. The van der Waals surface area contributed by atoms with Crippen LogP contribution in [-0.4, -0.2) is 25.3 Å². The van der Waals surface area contributed by atoms with E-state index in [0.717, 1.165) is 5.69 Å². The maximum atomic E-state index is 13.0. The van der Waals surface area contributed by atoms with Gasteiger partial charge in [0.15, 0.2) is 0 Å². The molecule has 0 bridgehead atoms. The molecule has 0 amide bonds. The SMILES string of the molecule is COc1ccccc1NS(=O)(=O)c1c(C)nn(-c2ccc(Cl)cc2)c1C. The number of nitrogens with one attached hydrogen (secondary N) is 1. The number of halogens is 1.